The number of hydrogen-bond donors (Lipinski definition) is 1. The van der Waals surface area contributed by atoms with Gasteiger partial charge in [-0.1, -0.05) is 12.5 Å². The smallest absolute Gasteiger partial charge is 0.223 e. The molecule has 0 aliphatic heterocycles. The van der Waals surface area contributed by atoms with E-state index in [-0.39, 0.29) is 11.8 Å². The summed E-state index contributed by atoms with van der Waals surface area (Å²) in [6, 6.07) is 5.79. The Morgan fingerprint density at radius 3 is 3.12 bits per heavy atom. The number of rotatable bonds is 3. The highest BCUT2D eigenvalue weighted by Gasteiger charge is 2.24. The van der Waals surface area contributed by atoms with Gasteiger partial charge in [0.05, 0.1) is 0 Å². The normalized spacial score (nSPS) is 15.8. The molecule has 1 N–H and O–H groups in total. The van der Waals surface area contributed by atoms with Crippen molar-refractivity contribution in [3.8, 4) is 0 Å². The van der Waals surface area contributed by atoms with Crippen LogP contribution in [-0.4, -0.2) is 10.9 Å². The van der Waals surface area contributed by atoms with Crippen LogP contribution < -0.4 is 5.32 Å². The lowest BCUT2D eigenvalue weighted by Crippen LogP contribution is -2.33. The number of aromatic nitrogens is 1. The van der Waals surface area contributed by atoms with E-state index >= 15 is 0 Å². The van der Waals surface area contributed by atoms with Gasteiger partial charge in [0.2, 0.25) is 5.91 Å². The molecule has 1 heterocycles. The van der Waals surface area contributed by atoms with Crippen LogP contribution in [0.3, 0.4) is 0 Å². The maximum atomic E-state index is 11.7. The molecule has 1 aliphatic rings. The lowest BCUT2D eigenvalue weighted by Gasteiger charge is -2.24. The highest BCUT2D eigenvalue weighted by atomic mass is 16.3. The maximum Gasteiger partial charge on any atom is 0.223 e. The Morgan fingerprint density at radius 1 is 1.47 bits per heavy atom. The maximum absolute atomic E-state index is 11.7. The summed E-state index contributed by atoms with van der Waals surface area (Å²) in [4.78, 5) is 15.7. The van der Waals surface area contributed by atoms with Crippen LogP contribution >= 0.6 is 0 Å². The Bertz CT molecular complexity index is 543. The van der Waals surface area contributed by atoms with E-state index in [1.165, 1.54) is 12.8 Å². The summed E-state index contributed by atoms with van der Waals surface area (Å²) in [7, 11) is 0. The van der Waals surface area contributed by atoms with Crippen LogP contribution in [-0.2, 0) is 11.3 Å². The molecule has 4 heteroatoms. The Labute approximate surface area is 99.0 Å². The summed E-state index contributed by atoms with van der Waals surface area (Å²) in [6.07, 6.45) is 4.68. The van der Waals surface area contributed by atoms with Crippen LogP contribution in [0.4, 0.5) is 0 Å². The van der Waals surface area contributed by atoms with Gasteiger partial charge >= 0.3 is 0 Å². The van der Waals surface area contributed by atoms with Crippen molar-refractivity contribution in [2.24, 2.45) is 5.92 Å². The average Bonchev–Trinajstić information content (AvgIpc) is 2.71. The summed E-state index contributed by atoms with van der Waals surface area (Å²) in [5, 5.41) is 2.96. The van der Waals surface area contributed by atoms with Crippen molar-refractivity contribution < 1.29 is 9.21 Å². The minimum absolute atomic E-state index is 0.175. The number of fused-ring (bicyclic) bond motifs is 1. The summed E-state index contributed by atoms with van der Waals surface area (Å²) in [6.45, 7) is 0.561. The second-order valence-electron chi connectivity index (χ2n) is 4.50. The lowest BCUT2D eigenvalue weighted by molar-refractivity contribution is -0.127. The molecule has 1 fully saturated rings. The molecule has 1 aromatic carbocycles. The van der Waals surface area contributed by atoms with Gasteiger partial charge in [0.1, 0.15) is 5.52 Å². The van der Waals surface area contributed by atoms with Crippen molar-refractivity contribution in [2.75, 3.05) is 0 Å². The molecule has 0 atom stereocenters. The third-order valence-corrected chi connectivity index (χ3v) is 3.34. The number of nitrogens with one attached hydrogen (secondary N) is 1. The van der Waals surface area contributed by atoms with Crippen molar-refractivity contribution in [3.05, 3.63) is 30.2 Å². The van der Waals surface area contributed by atoms with Gasteiger partial charge in [-0.3, -0.25) is 4.79 Å². The number of carbonyl (C=O) groups is 1. The van der Waals surface area contributed by atoms with Crippen LogP contribution in [0, 0.1) is 5.92 Å². The molecule has 1 aromatic heterocycles. The van der Waals surface area contributed by atoms with Crippen LogP contribution in [0.15, 0.2) is 29.0 Å². The van der Waals surface area contributed by atoms with Gasteiger partial charge in [-0.05, 0) is 30.5 Å². The third kappa shape index (κ3) is 2.02. The fourth-order valence-corrected chi connectivity index (χ4v) is 2.01. The summed E-state index contributed by atoms with van der Waals surface area (Å²) in [5.74, 6) is 0.415. The summed E-state index contributed by atoms with van der Waals surface area (Å²) < 4.78 is 5.22. The molecule has 4 nitrogen and oxygen atoms in total. The topological polar surface area (TPSA) is 55.1 Å². The standard InChI is InChI=1S/C13H14N2O2/c16-13(10-2-1-3-10)14-7-9-4-5-11-12(6-9)17-8-15-11/h4-6,8,10H,1-3,7H2,(H,14,16). The zero-order chi connectivity index (χ0) is 11.7. The fourth-order valence-electron chi connectivity index (χ4n) is 2.01. The number of benzene rings is 1. The molecule has 88 valence electrons. The Balaban J connectivity index is 1.65. The predicted octanol–water partition coefficient (Wildman–Crippen LogP) is 2.24. The average molecular weight is 230 g/mol. The molecule has 0 saturated heterocycles. The number of carbonyl (C=O) groups excluding carboxylic acids is 1. The highest BCUT2D eigenvalue weighted by Crippen LogP contribution is 2.26. The van der Waals surface area contributed by atoms with Crippen LogP contribution in [0.2, 0.25) is 0 Å². The van der Waals surface area contributed by atoms with Gasteiger partial charge in [0, 0.05) is 12.5 Å². The largest absolute Gasteiger partial charge is 0.443 e. The third-order valence-electron chi connectivity index (χ3n) is 3.34. The van der Waals surface area contributed by atoms with Crippen LogP contribution in [0.5, 0.6) is 0 Å². The zero-order valence-corrected chi connectivity index (χ0v) is 9.48. The van der Waals surface area contributed by atoms with Crippen LogP contribution in [0.1, 0.15) is 24.8 Å². The first kappa shape index (κ1) is 10.3. The van der Waals surface area contributed by atoms with Gasteiger partial charge in [0.15, 0.2) is 12.0 Å². The lowest BCUT2D eigenvalue weighted by atomic mass is 9.85. The number of nitrogens with zero attached hydrogens (tertiary/aromatic N) is 1. The first-order valence-corrected chi connectivity index (χ1v) is 5.93. The molecule has 1 aliphatic carbocycles. The number of oxazole rings is 1. The van der Waals surface area contributed by atoms with Gasteiger partial charge in [-0.2, -0.15) is 0 Å². The molecule has 0 spiro atoms. The molecule has 0 bridgehead atoms. The van der Waals surface area contributed by atoms with Crippen molar-refractivity contribution in [3.63, 3.8) is 0 Å². The highest BCUT2D eigenvalue weighted by molar-refractivity contribution is 5.79. The molecule has 3 rings (SSSR count). The monoisotopic (exact) mass is 230 g/mol. The Hall–Kier alpha value is -1.84. The number of hydrogen-bond acceptors (Lipinski definition) is 3. The molecule has 2 aromatic rings. The van der Waals surface area contributed by atoms with E-state index in [1.807, 2.05) is 18.2 Å². The van der Waals surface area contributed by atoms with Crippen LogP contribution in [0.25, 0.3) is 11.1 Å². The van der Waals surface area contributed by atoms with Gasteiger partial charge in [0.25, 0.3) is 0 Å². The summed E-state index contributed by atoms with van der Waals surface area (Å²) in [5.41, 5.74) is 2.65. The SMILES string of the molecule is O=C(NCc1ccc2ncoc2c1)C1CCC1. The molecular weight excluding hydrogens is 216 g/mol. The van der Waals surface area contributed by atoms with E-state index in [0.29, 0.717) is 6.54 Å². The van der Waals surface area contributed by atoms with E-state index in [2.05, 4.69) is 10.3 Å². The van der Waals surface area contributed by atoms with E-state index < -0.39 is 0 Å². The number of amides is 1. The molecular formula is C13H14N2O2. The quantitative estimate of drug-likeness (QED) is 0.879. The second kappa shape index (κ2) is 4.20. The van der Waals surface area contributed by atoms with Gasteiger partial charge < -0.3 is 9.73 Å². The zero-order valence-electron chi connectivity index (χ0n) is 9.48. The van der Waals surface area contributed by atoms with Crippen molar-refractivity contribution in [2.45, 2.75) is 25.8 Å². The first-order chi connectivity index (χ1) is 8.33. The predicted molar refractivity (Wildman–Crippen MR) is 63.2 cm³/mol. The molecule has 1 saturated carbocycles. The van der Waals surface area contributed by atoms with Crippen molar-refractivity contribution in [1.29, 1.82) is 0 Å². The Morgan fingerprint density at radius 2 is 2.35 bits per heavy atom. The van der Waals surface area contributed by atoms with Gasteiger partial charge in [-0.25, -0.2) is 4.98 Å². The van der Waals surface area contributed by atoms with E-state index in [1.54, 1.807) is 0 Å². The van der Waals surface area contributed by atoms with Crippen molar-refractivity contribution in [1.82, 2.24) is 10.3 Å². The second-order valence-corrected chi connectivity index (χ2v) is 4.50. The molecule has 0 unspecified atom stereocenters. The molecule has 1 amide bonds. The minimum atomic E-state index is 0.175. The molecule has 17 heavy (non-hydrogen) atoms. The minimum Gasteiger partial charge on any atom is -0.443 e. The first-order valence-electron chi connectivity index (χ1n) is 5.93. The van der Waals surface area contributed by atoms with E-state index in [4.69, 9.17) is 4.42 Å². The Kier molecular flexibility index (Phi) is 2.55. The fraction of sp³-hybridized carbons (Fsp3) is 0.385. The van der Waals surface area contributed by atoms with E-state index in [0.717, 1.165) is 29.5 Å². The summed E-state index contributed by atoms with van der Waals surface area (Å²) >= 11 is 0. The molecule has 0 radical (unpaired) electrons. The van der Waals surface area contributed by atoms with Gasteiger partial charge in [-0.15, -0.1) is 0 Å². The van der Waals surface area contributed by atoms with Crippen molar-refractivity contribution >= 4 is 17.0 Å². The van der Waals surface area contributed by atoms with E-state index in [9.17, 15) is 4.79 Å².